The van der Waals surface area contributed by atoms with Crippen LogP contribution in [0.4, 0.5) is 0 Å². The molecule has 2 heterocycles. The van der Waals surface area contributed by atoms with Crippen LogP contribution in [0, 0.1) is 0 Å². The van der Waals surface area contributed by atoms with Crippen LogP contribution in [0.15, 0.2) is 46.4 Å². The normalized spacial score (nSPS) is 12.7. The zero-order valence-electron chi connectivity index (χ0n) is 21.7. The molecule has 0 atom stereocenters. The first-order chi connectivity index (χ1) is 18.4. The molecule has 6 nitrogen and oxygen atoms in total. The summed E-state index contributed by atoms with van der Waals surface area (Å²) in [5, 5.41) is 1.37. The molecule has 2 aromatic carbocycles. The number of hydrogen-bond acceptors (Lipinski definition) is 4. The van der Waals surface area contributed by atoms with Crippen LogP contribution in [0.25, 0.3) is 20.4 Å². The number of amides is 2. The smallest absolute Gasteiger partial charge is 0.248 e. The van der Waals surface area contributed by atoms with Gasteiger partial charge in [0, 0.05) is 36.0 Å². The molecule has 0 saturated carbocycles. The van der Waals surface area contributed by atoms with Crippen molar-refractivity contribution in [3.63, 3.8) is 0 Å². The number of benzene rings is 2. The Kier molecular flexibility index (Phi) is 10.4. The van der Waals surface area contributed by atoms with Crippen LogP contribution >= 0.6 is 45.9 Å². The highest BCUT2D eigenvalue weighted by Gasteiger charge is 2.09. The molecule has 2 aromatic heterocycles. The molecular weight excluding hydrogens is 559 g/mol. The van der Waals surface area contributed by atoms with Crippen molar-refractivity contribution < 1.29 is 9.59 Å². The van der Waals surface area contributed by atoms with Crippen LogP contribution in [0.2, 0.25) is 10.0 Å². The van der Waals surface area contributed by atoms with Gasteiger partial charge in [-0.1, -0.05) is 71.6 Å². The van der Waals surface area contributed by atoms with Crippen molar-refractivity contribution >= 4 is 78.1 Å². The Bertz CT molecular complexity index is 1460. The summed E-state index contributed by atoms with van der Waals surface area (Å²) in [6.45, 7) is 5.60. The number of hydrogen-bond donors (Lipinski definition) is 0. The van der Waals surface area contributed by atoms with Crippen LogP contribution in [0.5, 0.6) is 0 Å². The number of carbonyl (C=O) groups excluding carboxylic acids is 2. The summed E-state index contributed by atoms with van der Waals surface area (Å²) in [6, 6.07) is 11.5. The number of unbranched alkanes of at least 4 members (excludes halogenated alkanes) is 5. The number of halogens is 2. The number of thiazole rings is 2. The van der Waals surface area contributed by atoms with Gasteiger partial charge in [0.05, 0.1) is 20.4 Å². The number of aromatic nitrogens is 2. The van der Waals surface area contributed by atoms with Crippen LogP contribution in [0.1, 0.15) is 65.2 Å². The molecule has 0 bridgehead atoms. The monoisotopic (exact) mass is 590 g/mol. The second-order valence-corrected chi connectivity index (χ2v) is 12.0. The van der Waals surface area contributed by atoms with Crippen molar-refractivity contribution in [2.45, 2.75) is 78.3 Å². The van der Waals surface area contributed by atoms with E-state index in [0.29, 0.717) is 22.9 Å². The maximum atomic E-state index is 12.4. The average molecular weight is 592 g/mol. The Hall–Kier alpha value is -2.26. The maximum Gasteiger partial charge on any atom is 0.248 e. The van der Waals surface area contributed by atoms with E-state index < -0.39 is 0 Å². The average Bonchev–Trinajstić information content (AvgIpc) is 3.40. The Morgan fingerprint density at radius 3 is 1.47 bits per heavy atom. The van der Waals surface area contributed by atoms with Crippen molar-refractivity contribution in [3.05, 3.63) is 56.0 Å². The first-order valence-corrected chi connectivity index (χ1v) is 15.5. The van der Waals surface area contributed by atoms with E-state index in [1.54, 1.807) is 0 Å². The molecule has 0 saturated heterocycles. The molecule has 4 rings (SSSR count). The van der Waals surface area contributed by atoms with Gasteiger partial charge >= 0.3 is 0 Å². The van der Waals surface area contributed by atoms with E-state index in [2.05, 4.69) is 19.1 Å². The van der Waals surface area contributed by atoms with Gasteiger partial charge in [-0.25, -0.2) is 0 Å². The number of nitrogens with zero attached hydrogens (tertiary/aromatic N) is 4. The van der Waals surface area contributed by atoms with E-state index >= 15 is 0 Å². The topological polar surface area (TPSA) is 68.7 Å². The fraction of sp³-hybridized carbons (Fsp3) is 0.429. The lowest BCUT2D eigenvalue weighted by atomic mass is 10.1. The van der Waals surface area contributed by atoms with Crippen molar-refractivity contribution in [1.29, 1.82) is 0 Å². The lowest BCUT2D eigenvalue weighted by Gasteiger charge is -2.01. The van der Waals surface area contributed by atoms with Gasteiger partial charge in [0.25, 0.3) is 0 Å². The molecule has 0 aliphatic carbocycles. The minimum atomic E-state index is -0.0788. The van der Waals surface area contributed by atoms with Crippen LogP contribution in [-0.4, -0.2) is 20.9 Å². The van der Waals surface area contributed by atoms with Crippen molar-refractivity contribution in [1.82, 2.24) is 9.13 Å². The minimum absolute atomic E-state index is 0.0788. The quantitative estimate of drug-likeness (QED) is 0.168. The Morgan fingerprint density at radius 1 is 0.684 bits per heavy atom. The molecule has 2 amide bonds. The third kappa shape index (κ3) is 7.23. The Morgan fingerprint density at radius 2 is 1.08 bits per heavy atom. The molecule has 0 spiro atoms. The lowest BCUT2D eigenvalue weighted by molar-refractivity contribution is -0.119. The fourth-order valence-electron chi connectivity index (χ4n) is 4.46. The second-order valence-electron chi connectivity index (χ2n) is 9.11. The molecule has 0 fully saturated rings. The highest BCUT2D eigenvalue weighted by molar-refractivity contribution is 7.16. The molecule has 0 radical (unpaired) electrons. The SMILES string of the molecule is CCn1c(=NC(=O)CCCCCCCCC(=O)N=c2sc3cc(Cl)ccc3n2CC)sc2cc(Cl)ccc21. The van der Waals surface area contributed by atoms with Gasteiger partial charge in [0.1, 0.15) is 0 Å². The first-order valence-electron chi connectivity index (χ1n) is 13.1. The highest BCUT2D eigenvalue weighted by Crippen LogP contribution is 2.23. The molecular formula is C28H32Cl2N4O2S2. The standard InChI is InChI=1S/C28H32Cl2N4O2S2/c1-3-33-21-15-13-19(29)17-23(21)37-27(33)31-25(35)11-9-7-5-6-8-10-12-26(36)32-28-34(4-2)22-16-14-20(30)18-24(22)38-28/h13-18H,3-12H2,1-2H3. The van der Waals surface area contributed by atoms with E-state index in [-0.39, 0.29) is 11.8 Å². The zero-order valence-corrected chi connectivity index (χ0v) is 24.9. The molecule has 0 unspecified atom stereocenters. The zero-order chi connectivity index (χ0) is 27.1. The summed E-state index contributed by atoms with van der Waals surface area (Å²) >= 11 is 15.2. The predicted molar refractivity (Wildman–Crippen MR) is 159 cm³/mol. The van der Waals surface area contributed by atoms with Crippen LogP contribution < -0.4 is 9.60 Å². The molecule has 10 heteroatoms. The summed E-state index contributed by atoms with van der Waals surface area (Å²) in [6.07, 6.45) is 6.61. The van der Waals surface area contributed by atoms with E-state index in [0.717, 1.165) is 81.7 Å². The van der Waals surface area contributed by atoms with E-state index in [9.17, 15) is 9.59 Å². The largest absolute Gasteiger partial charge is 0.317 e. The molecule has 0 aliphatic heterocycles. The predicted octanol–water partition coefficient (Wildman–Crippen LogP) is 7.74. The van der Waals surface area contributed by atoms with E-state index in [4.69, 9.17) is 23.2 Å². The summed E-state index contributed by atoms with van der Waals surface area (Å²) < 4.78 is 6.19. The molecule has 0 N–H and O–H groups in total. The van der Waals surface area contributed by atoms with Crippen molar-refractivity contribution in [2.75, 3.05) is 0 Å². The van der Waals surface area contributed by atoms with Crippen molar-refractivity contribution in [3.8, 4) is 0 Å². The van der Waals surface area contributed by atoms with Gasteiger partial charge in [-0.2, -0.15) is 9.98 Å². The Labute approximate surface area is 240 Å². The van der Waals surface area contributed by atoms with Gasteiger partial charge in [0.15, 0.2) is 9.60 Å². The third-order valence-corrected chi connectivity index (χ3v) is 8.95. The summed E-state index contributed by atoms with van der Waals surface area (Å²) in [5.74, 6) is -0.158. The van der Waals surface area contributed by atoms with E-state index in [1.807, 2.05) is 50.2 Å². The van der Waals surface area contributed by atoms with Crippen LogP contribution in [-0.2, 0) is 22.7 Å². The number of carbonyl (C=O) groups is 2. The number of rotatable bonds is 11. The summed E-state index contributed by atoms with van der Waals surface area (Å²) in [5.41, 5.74) is 2.11. The second kappa shape index (κ2) is 13.7. The minimum Gasteiger partial charge on any atom is -0.317 e. The molecule has 4 aromatic rings. The molecule has 202 valence electrons. The number of fused-ring (bicyclic) bond motifs is 2. The summed E-state index contributed by atoms with van der Waals surface area (Å²) in [4.78, 5) is 35.1. The Balaban J connectivity index is 1.18. The molecule has 0 aliphatic rings. The van der Waals surface area contributed by atoms with Crippen LogP contribution in [0.3, 0.4) is 0 Å². The maximum absolute atomic E-state index is 12.4. The van der Waals surface area contributed by atoms with Gasteiger partial charge < -0.3 is 9.13 Å². The highest BCUT2D eigenvalue weighted by atomic mass is 35.5. The van der Waals surface area contributed by atoms with Gasteiger partial charge in [-0.05, 0) is 63.1 Å². The lowest BCUT2D eigenvalue weighted by Crippen LogP contribution is -2.15. The van der Waals surface area contributed by atoms with Gasteiger partial charge in [-0.3, -0.25) is 9.59 Å². The third-order valence-electron chi connectivity index (χ3n) is 6.39. The first kappa shape index (κ1) is 28.7. The van der Waals surface area contributed by atoms with Crippen molar-refractivity contribution in [2.24, 2.45) is 9.98 Å². The van der Waals surface area contributed by atoms with Gasteiger partial charge in [0.2, 0.25) is 11.8 Å². The van der Waals surface area contributed by atoms with Gasteiger partial charge in [-0.15, -0.1) is 0 Å². The fourth-order valence-corrected chi connectivity index (χ4v) is 7.24. The molecule has 38 heavy (non-hydrogen) atoms. The summed E-state index contributed by atoms with van der Waals surface area (Å²) in [7, 11) is 0. The van der Waals surface area contributed by atoms with E-state index in [1.165, 1.54) is 22.7 Å². The number of aryl methyl sites for hydroxylation is 2.